The molecule has 2 rings (SSSR count). The molecule has 1 amide bonds. The van der Waals surface area contributed by atoms with Gasteiger partial charge in [0.1, 0.15) is 0 Å². The molecule has 0 fully saturated rings. The van der Waals surface area contributed by atoms with Gasteiger partial charge < -0.3 is 10.2 Å². The molecule has 1 aliphatic rings. The van der Waals surface area contributed by atoms with Gasteiger partial charge in [-0.3, -0.25) is 4.79 Å². The highest BCUT2D eigenvalue weighted by Gasteiger charge is 2.24. The Morgan fingerprint density at radius 2 is 2.21 bits per heavy atom. The summed E-state index contributed by atoms with van der Waals surface area (Å²) in [5.41, 5.74) is 2.03. The molecular formula is C11H14N2O. The second-order valence-corrected chi connectivity index (χ2v) is 3.64. The van der Waals surface area contributed by atoms with Crippen LogP contribution in [0.2, 0.25) is 0 Å². The smallest absolute Gasteiger partial charge is 0.224 e. The maximum Gasteiger partial charge on any atom is 0.224 e. The summed E-state index contributed by atoms with van der Waals surface area (Å²) < 4.78 is 0. The zero-order valence-corrected chi connectivity index (χ0v) is 8.45. The number of nitrogens with zero attached hydrogens (tertiary/aromatic N) is 1. The minimum atomic E-state index is 0.103. The van der Waals surface area contributed by atoms with E-state index in [0.717, 1.165) is 17.9 Å². The first-order chi connectivity index (χ1) is 6.70. The monoisotopic (exact) mass is 190 g/mol. The van der Waals surface area contributed by atoms with E-state index in [1.54, 1.807) is 6.92 Å². The predicted octanol–water partition coefficient (Wildman–Crippen LogP) is 1.85. The number of para-hydroxylation sites is 2. The van der Waals surface area contributed by atoms with Gasteiger partial charge >= 0.3 is 0 Å². The lowest BCUT2D eigenvalue weighted by Gasteiger charge is -2.35. The molecule has 1 N–H and O–H groups in total. The van der Waals surface area contributed by atoms with E-state index >= 15 is 0 Å². The third-order valence-electron chi connectivity index (χ3n) is 2.53. The van der Waals surface area contributed by atoms with Gasteiger partial charge in [-0.2, -0.15) is 0 Å². The first-order valence-corrected chi connectivity index (χ1v) is 4.83. The van der Waals surface area contributed by atoms with Gasteiger partial charge in [0.25, 0.3) is 0 Å². The van der Waals surface area contributed by atoms with E-state index in [1.165, 1.54) is 0 Å². The Morgan fingerprint density at radius 3 is 2.93 bits per heavy atom. The molecule has 3 heteroatoms. The summed E-state index contributed by atoms with van der Waals surface area (Å²) >= 11 is 0. The first kappa shape index (κ1) is 9.06. The average molecular weight is 190 g/mol. The molecule has 1 aliphatic heterocycles. The highest BCUT2D eigenvalue weighted by Crippen LogP contribution is 2.30. The molecule has 0 bridgehead atoms. The van der Waals surface area contributed by atoms with Crippen molar-refractivity contribution in [2.24, 2.45) is 0 Å². The van der Waals surface area contributed by atoms with Crippen LogP contribution < -0.4 is 10.2 Å². The van der Waals surface area contributed by atoms with Crippen LogP contribution >= 0.6 is 0 Å². The fourth-order valence-corrected chi connectivity index (χ4v) is 1.90. The van der Waals surface area contributed by atoms with Crippen LogP contribution in [-0.2, 0) is 4.79 Å². The number of hydrogen-bond acceptors (Lipinski definition) is 2. The number of nitrogens with one attached hydrogen (secondary N) is 1. The summed E-state index contributed by atoms with van der Waals surface area (Å²) in [6.07, 6.45) is 0. The molecule has 0 aromatic heterocycles. The molecule has 0 saturated heterocycles. The SMILES string of the molecule is CC(=O)N1c2ccccc2NCC1C. The van der Waals surface area contributed by atoms with Crippen molar-refractivity contribution in [3.63, 3.8) is 0 Å². The van der Waals surface area contributed by atoms with Gasteiger partial charge in [-0.05, 0) is 19.1 Å². The average Bonchev–Trinajstić information content (AvgIpc) is 2.17. The van der Waals surface area contributed by atoms with Gasteiger partial charge in [-0.25, -0.2) is 0 Å². The largest absolute Gasteiger partial charge is 0.381 e. The summed E-state index contributed by atoms with van der Waals surface area (Å²) in [5, 5.41) is 3.30. The van der Waals surface area contributed by atoms with Crippen LogP contribution in [0.25, 0.3) is 0 Å². The molecule has 1 atom stereocenters. The number of fused-ring (bicyclic) bond motifs is 1. The second kappa shape index (κ2) is 3.33. The van der Waals surface area contributed by atoms with Gasteiger partial charge in [0.05, 0.1) is 17.4 Å². The van der Waals surface area contributed by atoms with E-state index in [4.69, 9.17) is 0 Å². The van der Waals surface area contributed by atoms with Crippen LogP contribution in [0, 0.1) is 0 Å². The Bertz CT molecular complexity index is 362. The molecule has 1 aromatic rings. The molecule has 74 valence electrons. The lowest BCUT2D eigenvalue weighted by atomic mass is 10.1. The minimum Gasteiger partial charge on any atom is -0.381 e. The van der Waals surface area contributed by atoms with E-state index in [0.29, 0.717) is 0 Å². The number of carbonyl (C=O) groups is 1. The molecule has 0 radical (unpaired) electrons. The maximum absolute atomic E-state index is 11.5. The third kappa shape index (κ3) is 1.35. The van der Waals surface area contributed by atoms with Crippen LogP contribution in [0.4, 0.5) is 11.4 Å². The van der Waals surface area contributed by atoms with E-state index < -0.39 is 0 Å². The van der Waals surface area contributed by atoms with E-state index in [1.807, 2.05) is 36.1 Å². The normalized spacial score (nSPS) is 19.9. The summed E-state index contributed by atoms with van der Waals surface area (Å²) in [6, 6.07) is 8.12. The summed E-state index contributed by atoms with van der Waals surface area (Å²) in [6.45, 7) is 4.47. The number of benzene rings is 1. The minimum absolute atomic E-state index is 0.103. The Hall–Kier alpha value is -1.51. The van der Waals surface area contributed by atoms with Crippen molar-refractivity contribution in [1.82, 2.24) is 0 Å². The van der Waals surface area contributed by atoms with Crippen LogP contribution in [0.5, 0.6) is 0 Å². The predicted molar refractivity (Wildman–Crippen MR) is 57.6 cm³/mol. The van der Waals surface area contributed by atoms with Crippen molar-refractivity contribution < 1.29 is 4.79 Å². The van der Waals surface area contributed by atoms with Crippen molar-refractivity contribution in [2.75, 3.05) is 16.8 Å². The lowest BCUT2D eigenvalue weighted by molar-refractivity contribution is -0.116. The molecular weight excluding hydrogens is 176 g/mol. The zero-order valence-electron chi connectivity index (χ0n) is 8.45. The lowest BCUT2D eigenvalue weighted by Crippen LogP contribution is -2.44. The van der Waals surface area contributed by atoms with Crippen molar-refractivity contribution in [1.29, 1.82) is 0 Å². The van der Waals surface area contributed by atoms with Gasteiger partial charge in [0, 0.05) is 13.5 Å². The highest BCUT2D eigenvalue weighted by atomic mass is 16.2. The quantitative estimate of drug-likeness (QED) is 0.677. The van der Waals surface area contributed by atoms with Crippen molar-refractivity contribution in [2.45, 2.75) is 19.9 Å². The maximum atomic E-state index is 11.5. The van der Waals surface area contributed by atoms with Gasteiger partial charge in [-0.1, -0.05) is 12.1 Å². The molecule has 14 heavy (non-hydrogen) atoms. The van der Waals surface area contributed by atoms with E-state index in [2.05, 4.69) is 5.32 Å². The molecule has 1 unspecified atom stereocenters. The Morgan fingerprint density at radius 1 is 1.50 bits per heavy atom. The fourth-order valence-electron chi connectivity index (χ4n) is 1.90. The van der Waals surface area contributed by atoms with Crippen LogP contribution in [0.15, 0.2) is 24.3 Å². The Labute approximate surface area is 83.7 Å². The molecule has 1 heterocycles. The summed E-state index contributed by atoms with van der Waals surface area (Å²) in [4.78, 5) is 13.3. The van der Waals surface area contributed by atoms with E-state index in [9.17, 15) is 4.79 Å². The third-order valence-corrected chi connectivity index (χ3v) is 2.53. The molecule has 0 aliphatic carbocycles. The van der Waals surface area contributed by atoms with Crippen LogP contribution in [0.1, 0.15) is 13.8 Å². The summed E-state index contributed by atoms with van der Waals surface area (Å²) in [5.74, 6) is 0.103. The highest BCUT2D eigenvalue weighted by molar-refractivity contribution is 5.96. The number of anilines is 2. The molecule has 3 nitrogen and oxygen atoms in total. The van der Waals surface area contributed by atoms with Gasteiger partial charge in [-0.15, -0.1) is 0 Å². The number of amides is 1. The number of carbonyl (C=O) groups excluding carboxylic acids is 1. The summed E-state index contributed by atoms with van der Waals surface area (Å²) in [7, 11) is 0. The van der Waals surface area contributed by atoms with E-state index in [-0.39, 0.29) is 11.9 Å². The van der Waals surface area contributed by atoms with Crippen molar-refractivity contribution in [3.8, 4) is 0 Å². The topological polar surface area (TPSA) is 32.3 Å². The number of rotatable bonds is 0. The zero-order chi connectivity index (χ0) is 10.1. The molecule has 0 spiro atoms. The van der Waals surface area contributed by atoms with Crippen LogP contribution in [-0.4, -0.2) is 18.5 Å². The van der Waals surface area contributed by atoms with Crippen LogP contribution in [0.3, 0.4) is 0 Å². The van der Waals surface area contributed by atoms with Crippen molar-refractivity contribution >= 4 is 17.3 Å². The van der Waals surface area contributed by atoms with Gasteiger partial charge in [0.15, 0.2) is 0 Å². The first-order valence-electron chi connectivity index (χ1n) is 4.83. The Kier molecular flexibility index (Phi) is 2.15. The molecule has 0 saturated carbocycles. The second-order valence-electron chi connectivity index (χ2n) is 3.64. The standard InChI is InChI=1S/C11H14N2O/c1-8-7-12-10-5-3-4-6-11(10)13(8)9(2)14/h3-6,8,12H,7H2,1-2H3. The fraction of sp³-hybridized carbons (Fsp3) is 0.364. The Balaban J connectivity index is 2.46. The van der Waals surface area contributed by atoms with Gasteiger partial charge in [0.2, 0.25) is 5.91 Å². The number of hydrogen-bond donors (Lipinski definition) is 1. The molecule has 1 aromatic carbocycles. The van der Waals surface area contributed by atoms with Crippen molar-refractivity contribution in [3.05, 3.63) is 24.3 Å².